The van der Waals surface area contributed by atoms with E-state index in [1.807, 2.05) is 6.07 Å². The maximum absolute atomic E-state index is 10.8. The highest BCUT2D eigenvalue weighted by Gasteiger charge is 2.27. The number of hydrogen-bond acceptors (Lipinski definition) is 4. The van der Waals surface area contributed by atoms with E-state index in [0.717, 1.165) is 25.7 Å². The van der Waals surface area contributed by atoms with Gasteiger partial charge < -0.3 is 5.73 Å². The van der Waals surface area contributed by atoms with Gasteiger partial charge in [0.2, 0.25) is 5.82 Å². The molecule has 3 rings (SSSR count). The van der Waals surface area contributed by atoms with Gasteiger partial charge in [0.1, 0.15) is 6.20 Å². The highest BCUT2D eigenvalue weighted by atomic mass is 16.6. The Morgan fingerprint density at radius 3 is 2.43 bits per heavy atom. The minimum atomic E-state index is -0.478. The first-order valence-corrected chi connectivity index (χ1v) is 7.19. The molecule has 6 heteroatoms. The molecule has 1 saturated carbocycles. The minimum Gasteiger partial charge on any atom is -0.378 e. The predicted octanol–water partition coefficient (Wildman–Crippen LogP) is 3.27. The molecule has 2 N–H and O–H groups in total. The molecule has 110 valence electrons. The molecule has 0 atom stereocenters. The molecule has 1 aromatic carbocycles. The zero-order valence-electron chi connectivity index (χ0n) is 11.7. The molecule has 6 nitrogen and oxygen atoms in total. The highest BCUT2D eigenvalue weighted by Crippen LogP contribution is 2.39. The van der Waals surface area contributed by atoms with Crippen molar-refractivity contribution < 1.29 is 4.92 Å². The lowest BCUT2D eigenvalue weighted by Crippen LogP contribution is -2.19. The van der Waals surface area contributed by atoms with Crippen LogP contribution in [0.2, 0.25) is 0 Å². The average Bonchev–Trinajstić information content (AvgIpc) is 2.90. The van der Waals surface area contributed by atoms with Crippen molar-refractivity contribution in [2.45, 2.75) is 37.6 Å². The summed E-state index contributed by atoms with van der Waals surface area (Å²) in [4.78, 5) is 10.3. The molecular weight excluding hydrogens is 268 g/mol. The van der Waals surface area contributed by atoms with Crippen molar-refractivity contribution in [3.05, 3.63) is 52.2 Å². The molecular formula is C15H18N4O2. The largest absolute Gasteiger partial charge is 0.378 e. The van der Waals surface area contributed by atoms with Gasteiger partial charge in [-0.05, 0) is 37.2 Å². The van der Waals surface area contributed by atoms with E-state index in [4.69, 9.17) is 5.73 Å². The Kier molecular flexibility index (Phi) is 3.60. The number of aromatic nitrogens is 2. The van der Waals surface area contributed by atoms with Gasteiger partial charge in [0, 0.05) is 0 Å². The van der Waals surface area contributed by atoms with Gasteiger partial charge in [-0.25, -0.2) is 4.68 Å². The topological polar surface area (TPSA) is 87.0 Å². The number of hydrogen-bond donors (Lipinski definition) is 1. The summed E-state index contributed by atoms with van der Waals surface area (Å²) in [7, 11) is 0. The molecule has 1 aliphatic rings. The molecule has 1 aromatic heterocycles. The van der Waals surface area contributed by atoms with Crippen molar-refractivity contribution in [1.82, 2.24) is 9.78 Å². The molecule has 1 heterocycles. The summed E-state index contributed by atoms with van der Waals surface area (Å²) < 4.78 is 1.62. The van der Waals surface area contributed by atoms with E-state index in [1.54, 1.807) is 4.68 Å². The lowest BCUT2D eigenvalue weighted by atomic mass is 9.82. The zero-order chi connectivity index (χ0) is 14.8. The third-order valence-corrected chi connectivity index (χ3v) is 4.32. The summed E-state index contributed by atoms with van der Waals surface area (Å²) in [5, 5.41) is 14.9. The Balaban J connectivity index is 1.70. The van der Waals surface area contributed by atoms with E-state index in [-0.39, 0.29) is 17.5 Å². The zero-order valence-corrected chi connectivity index (χ0v) is 11.7. The molecule has 2 aromatic rings. The molecule has 1 fully saturated rings. The minimum absolute atomic E-state index is 0.0971. The van der Waals surface area contributed by atoms with E-state index in [9.17, 15) is 10.1 Å². The second kappa shape index (κ2) is 5.55. The molecule has 0 amide bonds. The second-order valence-corrected chi connectivity index (χ2v) is 5.53. The number of anilines is 1. The van der Waals surface area contributed by atoms with Gasteiger partial charge in [-0.2, -0.15) is 5.10 Å². The fraction of sp³-hybridized carbons (Fsp3) is 0.400. The molecule has 0 aliphatic heterocycles. The van der Waals surface area contributed by atoms with Crippen LogP contribution in [0.15, 0.2) is 36.5 Å². The van der Waals surface area contributed by atoms with E-state index < -0.39 is 4.92 Å². The van der Waals surface area contributed by atoms with Gasteiger partial charge in [-0.1, -0.05) is 30.3 Å². The molecule has 0 radical (unpaired) electrons. The van der Waals surface area contributed by atoms with Crippen molar-refractivity contribution >= 4 is 11.5 Å². The molecule has 0 bridgehead atoms. The number of nitrogens with two attached hydrogens (primary N) is 1. The number of benzene rings is 1. The Labute approximate surface area is 122 Å². The fourth-order valence-electron chi connectivity index (χ4n) is 3.17. The van der Waals surface area contributed by atoms with Crippen LogP contribution in [0.5, 0.6) is 0 Å². The van der Waals surface area contributed by atoms with E-state index in [0.29, 0.717) is 5.92 Å². The number of nitrogens with zero attached hydrogens (tertiary/aromatic N) is 3. The summed E-state index contributed by atoms with van der Waals surface area (Å²) in [6.45, 7) is 0. The Morgan fingerprint density at radius 2 is 1.86 bits per heavy atom. The Morgan fingerprint density at radius 1 is 1.19 bits per heavy atom. The lowest BCUT2D eigenvalue weighted by molar-refractivity contribution is -0.384. The molecule has 0 spiro atoms. The number of rotatable bonds is 3. The van der Waals surface area contributed by atoms with Gasteiger partial charge in [0.05, 0.1) is 11.0 Å². The standard InChI is InChI=1S/C15H18N4O2/c16-15-14(19(20)21)10-17-18(15)13-8-6-12(7-9-13)11-4-2-1-3-5-11/h1-5,10,12-13H,6-9,16H2. The first-order valence-electron chi connectivity index (χ1n) is 7.19. The summed E-state index contributed by atoms with van der Waals surface area (Å²) in [6, 6.07) is 10.7. The maximum Gasteiger partial charge on any atom is 0.330 e. The van der Waals surface area contributed by atoms with Gasteiger partial charge in [0.25, 0.3) is 0 Å². The summed E-state index contributed by atoms with van der Waals surface area (Å²) in [5.41, 5.74) is 7.11. The molecule has 0 unspecified atom stereocenters. The van der Waals surface area contributed by atoms with Crippen LogP contribution in [0, 0.1) is 10.1 Å². The van der Waals surface area contributed by atoms with Crippen LogP contribution in [0.4, 0.5) is 11.5 Å². The number of nitro groups is 1. The third kappa shape index (κ3) is 2.61. The first kappa shape index (κ1) is 13.6. The summed E-state index contributed by atoms with van der Waals surface area (Å²) >= 11 is 0. The fourth-order valence-corrected chi connectivity index (χ4v) is 3.17. The smallest absolute Gasteiger partial charge is 0.330 e. The Hall–Kier alpha value is -2.37. The molecule has 0 saturated heterocycles. The SMILES string of the molecule is Nc1c([N+](=O)[O-])cnn1C1CCC(c2ccccc2)CC1. The van der Waals surface area contributed by atoms with Gasteiger partial charge in [-0.3, -0.25) is 10.1 Å². The van der Waals surface area contributed by atoms with Crippen molar-refractivity contribution in [1.29, 1.82) is 0 Å². The van der Waals surface area contributed by atoms with E-state index >= 15 is 0 Å². The van der Waals surface area contributed by atoms with Crippen molar-refractivity contribution in [3.63, 3.8) is 0 Å². The monoisotopic (exact) mass is 286 g/mol. The summed E-state index contributed by atoms with van der Waals surface area (Å²) in [5.74, 6) is 0.734. The van der Waals surface area contributed by atoms with Gasteiger partial charge >= 0.3 is 5.69 Å². The first-order chi connectivity index (χ1) is 10.2. The predicted molar refractivity (Wildman–Crippen MR) is 80.0 cm³/mol. The molecule has 21 heavy (non-hydrogen) atoms. The van der Waals surface area contributed by atoms with Crippen LogP contribution in [-0.4, -0.2) is 14.7 Å². The average molecular weight is 286 g/mol. The van der Waals surface area contributed by atoms with Crippen LogP contribution in [-0.2, 0) is 0 Å². The highest BCUT2D eigenvalue weighted by molar-refractivity contribution is 5.51. The van der Waals surface area contributed by atoms with Crippen LogP contribution in [0.25, 0.3) is 0 Å². The quantitative estimate of drug-likeness (QED) is 0.693. The molecule has 1 aliphatic carbocycles. The van der Waals surface area contributed by atoms with Gasteiger partial charge in [0.15, 0.2) is 0 Å². The lowest BCUT2D eigenvalue weighted by Gasteiger charge is -2.29. The third-order valence-electron chi connectivity index (χ3n) is 4.32. The van der Waals surface area contributed by atoms with Crippen molar-refractivity contribution in [2.24, 2.45) is 0 Å². The van der Waals surface area contributed by atoms with E-state index in [2.05, 4.69) is 29.4 Å². The van der Waals surface area contributed by atoms with Crippen LogP contribution >= 0.6 is 0 Å². The summed E-state index contributed by atoms with van der Waals surface area (Å²) in [6.07, 6.45) is 5.26. The van der Waals surface area contributed by atoms with Crippen molar-refractivity contribution in [3.8, 4) is 0 Å². The van der Waals surface area contributed by atoms with E-state index in [1.165, 1.54) is 11.8 Å². The van der Waals surface area contributed by atoms with Gasteiger partial charge in [-0.15, -0.1) is 0 Å². The van der Waals surface area contributed by atoms with Crippen molar-refractivity contribution in [2.75, 3.05) is 5.73 Å². The number of nitrogen functional groups attached to an aromatic ring is 1. The van der Waals surface area contributed by atoms with Crippen LogP contribution in [0.1, 0.15) is 43.2 Å². The second-order valence-electron chi connectivity index (χ2n) is 5.53. The van der Waals surface area contributed by atoms with Crippen LogP contribution < -0.4 is 5.73 Å². The Bertz CT molecular complexity index is 630. The maximum atomic E-state index is 10.8. The normalized spacial score (nSPS) is 22.1. The van der Waals surface area contributed by atoms with Crippen LogP contribution in [0.3, 0.4) is 0 Å².